The minimum atomic E-state index is -4.63. The van der Waals surface area contributed by atoms with Gasteiger partial charge in [-0.3, -0.25) is 0 Å². The van der Waals surface area contributed by atoms with Gasteiger partial charge in [-0.1, -0.05) is 12.1 Å². The number of imidazole rings is 1. The number of aromatic nitrogens is 2. The molecule has 0 spiro atoms. The fourth-order valence-electron chi connectivity index (χ4n) is 2.33. The van der Waals surface area contributed by atoms with Gasteiger partial charge in [0.2, 0.25) is 0 Å². The predicted molar refractivity (Wildman–Crippen MR) is 69.8 cm³/mol. The molecule has 1 aromatic heterocycles. The lowest BCUT2D eigenvalue weighted by molar-refractivity contribution is -0.836. The first-order valence-electron chi connectivity index (χ1n) is 6.44. The van der Waals surface area contributed by atoms with Crippen molar-refractivity contribution in [2.75, 3.05) is 0 Å². The number of halogens is 6. The van der Waals surface area contributed by atoms with Crippen LogP contribution in [0.5, 0.6) is 0 Å². The van der Waals surface area contributed by atoms with Crippen LogP contribution in [0.2, 0.25) is 0 Å². The monoisotopic (exact) mass is 331 g/mol. The van der Waals surface area contributed by atoms with E-state index in [1.165, 1.54) is 22.8 Å². The second kappa shape index (κ2) is 5.00. The number of benzene rings is 2. The fraction of sp³-hybridized carbons (Fsp3) is 0.133. The number of alkyl halides is 6. The van der Waals surface area contributed by atoms with Gasteiger partial charge in [0.15, 0.2) is 11.0 Å². The molecule has 0 bridgehead atoms. The first kappa shape index (κ1) is 15.4. The van der Waals surface area contributed by atoms with Gasteiger partial charge < -0.3 is 0 Å². The Bertz CT molecular complexity index is 843. The minimum Gasteiger partial charge on any atom is -0.195 e. The Morgan fingerprint density at radius 2 is 1.39 bits per heavy atom. The van der Waals surface area contributed by atoms with Crippen molar-refractivity contribution in [1.82, 2.24) is 4.57 Å². The molecule has 1 heterocycles. The van der Waals surface area contributed by atoms with Gasteiger partial charge in [-0.2, -0.15) is 17.7 Å². The number of fused-ring (bicyclic) bond motifs is 1. The van der Waals surface area contributed by atoms with Crippen LogP contribution >= 0.6 is 0 Å². The molecule has 0 aliphatic rings. The molecule has 2 aromatic carbocycles. The summed E-state index contributed by atoms with van der Waals surface area (Å²) in [6, 6.07) is 9.72. The maximum absolute atomic E-state index is 13.1. The topological polar surface area (TPSA) is 8.81 Å². The Labute approximate surface area is 126 Å². The molecule has 0 aliphatic heterocycles. The van der Waals surface area contributed by atoms with Crippen molar-refractivity contribution < 1.29 is 30.9 Å². The second-order valence-electron chi connectivity index (χ2n) is 4.86. The van der Waals surface area contributed by atoms with E-state index < -0.39 is 18.0 Å². The zero-order chi connectivity index (χ0) is 16.8. The summed E-state index contributed by atoms with van der Waals surface area (Å²) in [6.07, 6.45) is -8.31. The van der Waals surface area contributed by atoms with E-state index >= 15 is 0 Å². The zero-order valence-corrected chi connectivity index (χ0v) is 11.4. The van der Waals surface area contributed by atoms with E-state index in [4.69, 9.17) is 0 Å². The predicted octanol–water partition coefficient (Wildman–Crippen LogP) is 4.41. The maximum Gasteiger partial charge on any atom is 0.567 e. The third-order valence-corrected chi connectivity index (χ3v) is 3.38. The molecule has 8 heteroatoms. The lowest BCUT2D eigenvalue weighted by Gasteiger charge is -2.06. The van der Waals surface area contributed by atoms with Crippen molar-refractivity contribution in [2.24, 2.45) is 0 Å². The average Bonchev–Trinajstić information content (AvgIpc) is 2.86. The van der Waals surface area contributed by atoms with E-state index in [0.717, 1.165) is 30.6 Å². The van der Waals surface area contributed by atoms with E-state index in [2.05, 4.69) is 0 Å². The molecule has 2 nitrogen and oxygen atoms in total. The lowest BCUT2D eigenvalue weighted by atomic mass is 10.2. The Balaban J connectivity index is 2.17. The van der Waals surface area contributed by atoms with Gasteiger partial charge in [-0.05, 0) is 36.4 Å². The third kappa shape index (κ3) is 2.76. The summed E-state index contributed by atoms with van der Waals surface area (Å²) >= 11 is 0. The van der Waals surface area contributed by atoms with E-state index in [0.29, 0.717) is 0 Å². The zero-order valence-electron chi connectivity index (χ0n) is 11.4. The average molecular weight is 331 g/mol. The van der Waals surface area contributed by atoms with Gasteiger partial charge in [0, 0.05) is 0 Å². The minimum absolute atomic E-state index is 0.0834. The quantitative estimate of drug-likeness (QED) is 0.461. The van der Waals surface area contributed by atoms with Crippen LogP contribution in [-0.4, -0.2) is 4.57 Å². The van der Waals surface area contributed by atoms with Gasteiger partial charge >= 0.3 is 12.5 Å². The highest BCUT2D eigenvalue weighted by atomic mass is 19.4. The molecule has 23 heavy (non-hydrogen) atoms. The molecule has 0 amide bonds. The van der Waals surface area contributed by atoms with Crippen molar-refractivity contribution in [3.63, 3.8) is 0 Å². The van der Waals surface area contributed by atoms with E-state index in [9.17, 15) is 26.3 Å². The largest absolute Gasteiger partial charge is 0.567 e. The smallest absolute Gasteiger partial charge is 0.195 e. The van der Waals surface area contributed by atoms with E-state index in [1.807, 2.05) is 0 Å². The van der Waals surface area contributed by atoms with Crippen LogP contribution in [0.4, 0.5) is 26.3 Å². The SMILES string of the molecule is FC(F)(F)c1ccc(-n2c[n+](C(F)(F)F)c3ccccc32)cc1. The van der Waals surface area contributed by atoms with Gasteiger partial charge in [0.05, 0.1) is 5.56 Å². The standard InChI is InChI=1S/C15H9F6N2/c16-14(17,18)10-5-7-11(8-6-10)22-9-23(15(19,20)21)13-4-2-1-3-12(13)22/h1-9H/q+1. The summed E-state index contributed by atoms with van der Waals surface area (Å²) in [5.74, 6) is 0. The third-order valence-electron chi connectivity index (χ3n) is 3.38. The Hall–Kier alpha value is -2.51. The Kier molecular flexibility index (Phi) is 3.35. The van der Waals surface area contributed by atoms with Crippen LogP contribution in [-0.2, 0) is 12.5 Å². The van der Waals surface area contributed by atoms with Crippen molar-refractivity contribution in [2.45, 2.75) is 12.5 Å². The first-order chi connectivity index (χ1) is 10.7. The van der Waals surface area contributed by atoms with Gasteiger partial charge in [0.1, 0.15) is 5.69 Å². The molecule has 3 rings (SSSR count). The second-order valence-corrected chi connectivity index (χ2v) is 4.86. The van der Waals surface area contributed by atoms with Gasteiger partial charge in [-0.25, -0.2) is 0 Å². The van der Waals surface area contributed by atoms with Crippen LogP contribution in [0.15, 0.2) is 54.9 Å². The van der Waals surface area contributed by atoms with Gasteiger partial charge in [-0.15, -0.1) is 17.7 Å². The van der Waals surface area contributed by atoms with E-state index in [-0.39, 0.29) is 21.3 Å². The molecule has 0 unspecified atom stereocenters. The van der Waals surface area contributed by atoms with E-state index in [1.54, 1.807) is 6.07 Å². The van der Waals surface area contributed by atoms with Crippen molar-refractivity contribution >= 4 is 11.0 Å². The lowest BCUT2D eigenvalue weighted by Crippen LogP contribution is -2.46. The summed E-state index contributed by atoms with van der Waals surface area (Å²) in [5, 5.41) is 0. The Morgan fingerprint density at radius 3 is 1.96 bits per heavy atom. The van der Waals surface area contributed by atoms with Crippen LogP contribution in [0.25, 0.3) is 16.7 Å². The summed E-state index contributed by atoms with van der Waals surface area (Å²) in [7, 11) is 0. The molecule has 0 fully saturated rings. The molecule has 0 aliphatic carbocycles. The highest BCUT2D eigenvalue weighted by Crippen LogP contribution is 2.30. The first-order valence-corrected chi connectivity index (χ1v) is 6.44. The molecule has 0 saturated carbocycles. The van der Waals surface area contributed by atoms with Crippen molar-refractivity contribution in [1.29, 1.82) is 0 Å². The normalized spacial score (nSPS) is 12.8. The molecule has 0 saturated heterocycles. The molecule has 0 atom stereocenters. The molecule has 0 N–H and O–H groups in total. The summed E-state index contributed by atoms with van der Waals surface area (Å²) in [5.41, 5.74) is -0.497. The van der Waals surface area contributed by atoms with Crippen molar-refractivity contribution in [3.05, 3.63) is 60.4 Å². The molecule has 3 aromatic rings. The van der Waals surface area contributed by atoms with Crippen LogP contribution in [0.1, 0.15) is 5.56 Å². The van der Waals surface area contributed by atoms with Gasteiger partial charge in [0.25, 0.3) is 6.33 Å². The number of para-hydroxylation sites is 2. The highest BCUT2D eigenvalue weighted by molar-refractivity contribution is 5.74. The Morgan fingerprint density at radius 1 is 0.783 bits per heavy atom. The number of hydrogen-bond donors (Lipinski definition) is 0. The molecular formula is C15H9F6N2+. The number of rotatable bonds is 1. The fourth-order valence-corrected chi connectivity index (χ4v) is 2.33. The molecular weight excluding hydrogens is 322 g/mol. The summed E-state index contributed by atoms with van der Waals surface area (Å²) < 4.78 is 78.3. The van der Waals surface area contributed by atoms with Crippen LogP contribution in [0, 0.1) is 0 Å². The summed E-state index contributed by atoms with van der Waals surface area (Å²) in [6.45, 7) is 0. The van der Waals surface area contributed by atoms with Crippen molar-refractivity contribution in [3.8, 4) is 5.69 Å². The number of hydrogen-bond acceptors (Lipinski definition) is 0. The maximum atomic E-state index is 13.1. The number of nitrogens with zero attached hydrogens (tertiary/aromatic N) is 2. The van der Waals surface area contributed by atoms with Crippen LogP contribution < -0.4 is 4.57 Å². The summed E-state index contributed by atoms with van der Waals surface area (Å²) in [4.78, 5) is 0. The molecule has 0 radical (unpaired) electrons. The highest BCUT2D eigenvalue weighted by Gasteiger charge is 2.40. The van der Waals surface area contributed by atoms with Crippen LogP contribution in [0.3, 0.4) is 0 Å². The molecule has 120 valence electrons.